The molecule has 0 aromatic heterocycles. The lowest BCUT2D eigenvalue weighted by molar-refractivity contribution is -0.301. The summed E-state index contributed by atoms with van der Waals surface area (Å²) in [5, 5.41) is 50.8. The molecule has 1 unspecified atom stereocenters. The van der Waals surface area contributed by atoms with Crippen LogP contribution in [0.2, 0.25) is 0 Å². The highest BCUT2D eigenvalue weighted by Gasteiger charge is 2.61. The summed E-state index contributed by atoms with van der Waals surface area (Å²) < 4.78 is 26.5. The predicted octanol–water partition coefficient (Wildman–Crippen LogP) is -4.61. The molecule has 10 heteroatoms. The number of hydrogen-bond acceptors (Lipinski definition) is 8. The molecule has 1 fully saturated rings. The van der Waals surface area contributed by atoms with Crippen molar-refractivity contribution in [3.63, 3.8) is 0 Å². The van der Waals surface area contributed by atoms with Crippen molar-refractivity contribution in [2.24, 2.45) is 5.14 Å². The second-order valence-corrected chi connectivity index (χ2v) is 5.19. The highest BCUT2D eigenvalue weighted by Crippen LogP contribution is 2.31. The number of rotatable bonds is 2. The van der Waals surface area contributed by atoms with E-state index in [1.54, 1.807) is 0 Å². The monoisotopic (exact) mass is 259 g/mol. The zero-order chi connectivity index (χ0) is 12.7. The molecular weight excluding hydrogens is 246 g/mol. The van der Waals surface area contributed by atoms with E-state index >= 15 is 0 Å². The number of ether oxygens (including phenoxy) is 1. The molecule has 0 spiro atoms. The summed E-state index contributed by atoms with van der Waals surface area (Å²) in [7, 11) is -4.80. The van der Waals surface area contributed by atoms with Crippen molar-refractivity contribution in [1.82, 2.24) is 0 Å². The molecule has 0 aliphatic carbocycles. The van der Waals surface area contributed by atoms with Gasteiger partial charge in [-0.2, -0.15) is 0 Å². The lowest BCUT2D eigenvalue weighted by atomic mass is 9.99. The summed E-state index contributed by atoms with van der Waals surface area (Å²) in [6.07, 6.45) is -8.01. The summed E-state index contributed by atoms with van der Waals surface area (Å²) >= 11 is 0. The van der Waals surface area contributed by atoms with E-state index in [2.05, 4.69) is 9.88 Å². The zero-order valence-corrected chi connectivity index (χ0v) is 8.78. The number of nitrogens with two attached hydrogens (primary N) is 1. The molecule has 0 radical (unpaired) electrons. The molecular formula is C6H13NO8S. The number of primary sulfonamides is 1. The van der Waals surface area contributed by atoms with Crippen LogP contribution in [0.4, 0.5) is 0 Å². The summed E-state index contributed by atoms with van der Waals surface area (Å²) in [4.78, 5) is -3.24. The van der Waals surface area contributed by atoms with Crippen LogP contribution in [0.5, 0.6) is 0 Å². The van der Waals surface area contributed by atoms with Crippen molar-refractivity contribution in [2.45, 2.75) is 29.5 Å². The Hall–Kier alpha value is -0.330. The minimum atomic E-state index is -4.80. The molecule has 7 N–H and O–H groups in total. The van der Waals surface area contributed by atoms with Gasteiger partial charge in [0.25, 0.3) is 4.93 Å². The van der Waals surface area contributed by atoms with Crippen molar-refractivity contribution in [1.29, 1.82) is 0 Å². The molecule has 1 rings (SSSR count). The fraction of sp³-hybridized carbons (Fsp3) is 1.00. The summed E-state index contributed by atoms with van der Waals surface area (Å²) in [5.74, 6) is 0. The molecule has 1 aliphatic heterocycles. The minimum absolute atomic E-state index is 0.782. The van der Waals surface area contributed by atoms with Gasteiger partial charge in [0.1, 0.15) is 18.3 Å². The summed E-state index contributed by atoms with van der Waals surface area (Å²) in [5.41, 5.74) is 0. The Morgan fingerprint density at radius 2 is 1.81 bits per heavy atom. The van der Waals surface area contributed by atoms with Gasteiger partial charge in [0.2, 0.25) is 16.3 Å². The van der Waals surface area contributed by atoms with E-state index in [-0.39, 0.29) is 0 Å². The maximum Gasteiger partial charge on any atom is 0.259 e. The van der Waals surface area contributed by atoms with E-state index in [4.69, 9.17) is 5.11 Å². The van der Waals surface area contributed by atoms with Gasteiger partial charge in [-0.3, -0.25) is 0 Å². The predicted molar refractivity (Wildman–Crippen MR) is 48.0 cm³/mol. The van der Waals surface area contributed by atoms with Gasteiger partial charge in [0, 0.05) is 0 Å². The fourth-order valence-electron chi connectivity index (χ4n) is 1.40. The first-order chi connectivity index (χ1) is 7.16. The molecule has 0 bridgehead atoms. The Labute approximate surface area is 90.7 Å². The van der Waals surface area contributed by atoms with Crippen LogP contribution in [-0.2, 0) is 14.8 Å². The van der Waals surface area contributed by atoms with Gasteiger partial charge in [-0.25, -0.2) is 13.6 Å². The van der Waals surface area contributed by atoms with Crippen LogP contribution < -0.4 is 5.14 Å². The topological polar surface area (TPSA) is 171 Å². The van der Waals surface area contributed by atoms with E-state index in [9.17, 15) is 28.8 Å². The highest BCUT2D eigenvalue weighted by molar-refractivity contribution is 7.90. The molecule has 96 valence electrons. The standard InChI is InChI=1S/C6H13NO8S/c7-16(13,14)6(12)4(10)3(9)2(1-8)15-5(6)11/h2-5,8-12H,1H2,(H2,7,13,14)/t2-,3-,4+,5?,6+/m0/s1. The van der Waals surface area contributed by atoms with E-state index in [0.29, 0.717) is 0 Å². The van der Waals surface area contributed by atoms with E-state index in [1.165, 1.54) is 0 Å². The first-order valence-corrected chi connectivity index (χ1v) is 5.76. The maximum atomic E-state index is 11.0. The third kappa shape index (κ3) is 1.83. The molecule has 16 heavy (non-hydrogen) atoms. The first kappa shape index (κ1) is 13.7. The van der Waals surface area contributed by atoms with E-state index in [1.807, 2.05) is 0 Å². The number of hydrogen-bond donors (Lipinski definition) is 6. The van der Waals surface area contributed by atoms with Crippen molar-refractivity contribution in [3.8, 4) is 0 Å². The minimum Gasteiger partial charge on any atom is -0.394 e. The average molecular weight is 259 g/mol. The summed E-state index contributed by atoms with van der Waals surface area (Å²) in [6.45, 7) is -0.782. The lowest BCUT2D eigenvalue weighted by Gasteiger charge is -2.43. The highest BCUT2D eigenvalue weighted by atomic mass is 32.2. The summed E-state index contributed by atoms with van der Waals surface area (Å²) in [6, 6.07) is 0. The van der Waals surface area contributed by atoms with E-state index < -0.39 is 46.2 Å². The van der Waals surface area contributed by atoms with Gasteiger partial charge in [-0.05, 0) is 0 Å². The molecule has 0 saturated carbocycles. The number of aliphatic hydroxyl groups excluding tert-OH is 4. The van der Waals surface area contributed by atoms with Gasteiger partial charge in [0.05, 0.1) is 6.61 Å². The van der Waals surface area contributed by atoms with Gasteiger partial charge in [-0.15, -0.1) is 0 Å². The molecule has 1 heterocycles. The molecule has 0 aromatic rings. The number of sulfonamides is 1. The molecule has 1 saturated heterocycles. The van der Waals surface area contributed by atoms with Crippen LogP contribution in [0.25, 0.3) is 0 Å². The largest absolute Gasteiger partial charge is 0.394 e. The SMILES string of the molecule is NS(=O)(=O)[C@@]1(O)C(O)O[C@@H](CO)[C@H](O)[C@H]1O. The third-order valence-corrected chi connectivity index (χ3v) is 3.78. The van der Waals surface area contributed by atoms with Crippen molar-refractivity contribution >= 4 is 10.0 Å². The maximum absolute atomic E-state index is 11.0. The van der Waals surface area contributed by atoms with Crippen molar-refractivity contribution < 1.29 is 38.7 Å². The van der Waals surface area contributed by atoms with Crippen LogP contribution in [0.1, 0.15) is 0 Å². The second kappa shape index (κ2) is 4.16. The quantitative estimate of drug-likeness (QED) is 0.287. The molecule has 9 nitrogen and oxygen atoms in total. The zero-order valence-electron chi connectivity index (χ0n) is 7.96. The van der Waals surface area contributed by atoms with Crippen LogP contribution in [0.3, 0.4) is 0 Å². The Morgan fingerprint density at radius 3 is 2.19 bits per heavy atom. The molecule has 0 aromatic carbocycles. The van der Waals surface area contributed by atoms with Gasteiger partial charge < -0.3 is 30.3 Å². The van der Waals surface area contributed by atoms with Crippen molar-refractivity contribution in [2.75, 3.05) is 6.61 Å². The Kier molecular flexibility index (Phi) is 3.57. The van der Waals surface area contributed by atoms with E-state index in [0.717, 1.165) is 0 Å². The van der Waals surface area contributed by atoms with Crippen LogP contribution in [-0.4, -0.2) is 70.1 Å². The van der Waals surface area contributed by atoms with Crippen LogP contribution in [0.15, 0.2) is 0 Å². The molecule has 5 atom stereocenters. The molecule has 1 aliphatic rings. The smallest absolute Gasteiger partial charge is 0.259 e. The Bertz CT molecular complexity index is 358. The van der Waals surface area contributed by atoms with Gasteiger partial charge in [0.15, 0.2) is 0 Å². The Balaban J connectivity index is 3.15. The Morgan fingerprint density at radius 1 is 1.31 bits per heavy atom. The van der Waals surface area contributed by atoms with Crippen LogP contribution in [0, 0.1) is 0 Å². The third-order valence-electron chi connectivity index (χ3n) is 2.42. The van der Waals surface area contributed by atoms with Crippen molar-refractivity contribution in [3.05, 3.63) is 0 Å². The van der Waals surface area contributed by atoms with Gasteiger partial charge in [-0.1, -0.05) is 0 Å². The number of aliphatic hydroxyl groups is 5. The normalized spacial score (nSPS) is 45.6. The lowest BCUT2D eigenvalue weighted by Crippen LogP contribution is -2.70. The second-order valence-electron chi connectivity index (χ2n) is 3.44. The fourth-order valence-corrected chi connectivity index (χ4v) is 2.21. The van der Waals surface area contributed by atoms with Crippen LogP contribution >= 0.6 is 0 Å². The molecule has 0 amide bonds. The first-order valence-electron chi connectivity index (χ1n) is 4.21. The van der Waals surface area contributed by atoms with Gasteiger partial charge >= 0.3 is 0 Å². The average Bonchev–Trinajstić information content (AvgIpc) is 2.18.